The Morgan fingerprint density at radius 3 is 2.30 bits per heavy atom. The number of benzene rings is 1. The summed E-state index contributed by atoms with van der Waals surface area (Å²) in [5.74, 6) is -7.39. The van der Waals surface area contributed by atoms with Gasteiger partial charge in [-0.15, -0.1) is 0 Å². The number of aliphatic hydroxyl groups is 1. The smallest absolute Gasteiger partial charge is 0.203 e. The normalized spacial score (nSPS) is 25.4. The molecule has 0 heterocycles. The lowest BCUT2D eigenvalue weighted by molar-refractivity contribution is -0.164. The van der Waals surface area contributed by atoms with Crippen molar-refractivity contribution in [2.75, 3.05) is 6.61 Å². The van der Waals surface area contributed by atoms with Gasteiger partial charge < -0.3 is 14.6 Å². The molecule has 20 heavy (non-hydrogen) atoms. The molecular weight excluding hydrogens is 280 g/mol. The number of rotatable bonds is 5. The molecule has 0 spiro atoms. The van der Waals surface area contributed by atoms with Crippen LogP contribution in [0.5, 0.6) is 5.75 Å². The van der Waals surface area contributed by atoms with Crippen LogP contribution in [0, 0.1) is 23.3 Å². The largest absolute Gasteiger partial charge is 0.481 e. The van der Waals surface area contributed by atoms with Crippen molar-refractivity contribution in [2.24, 2.45) is 0 Å². The standard InChI is InChI=1S/C13H14F4O3/c1-2-3-19-12-8(18)5-9(12)20-13-10(16)6(14)4-7(15)11(13)17/h4,8-9,12,18H,2-3,5H2,1H3. The Balaban J connectivity index is 2.14. The Labute approximate surface area is 113 Å². The van der Waals surface area contributed by atoms with E-state index in [0.717, 1.165) is 0 Å². The Hall–Kier alpha value is -1.34. The molecule has 112 valence electrons. The minimum absolute atomic E-state index is 0.0748. The van der Waals surface area contributed by atoms with Crippen LogP contribution in [0.3, 0.4) is 0 Å². The Morgan fingerprint density at radius 1 is 1.20 bits per heavy atom. The van der Waals surface area contributed by atoms with Gasteiger partial charge in [0.25, 0.3) is 0 Å². The van der Waals surface area contributed by atoms with E-state index in [4.69, 9.17) is 9.47 Å². The fraction of sp³-hybridized carbons (Fsp3) is 0.538. The molecule has 3 atom stereocenters. The maximum atomic E-state index is 13.4. The minimum atomic E-state index is -1.60. The van der Waals surface area contributed by atoms with Gasteiger partial charge in [-0.2, -0.15) is 8.78 Å². The molecule has 1 aliphatic rings. The first-order valence-electron chi connectivity index (χ1n) is 6.25. The lowest BCUT2D eigenvalue weighted by Gasteiger charge is -2.40. The summed E-state index contributed by atoms with van der Waals surface area (Å²) in [6.07, 6.45) is -1.67. The molecule has 7 heteroatoms. The topological polar surface area (TPSA) is 38.7 Å². The molecular formula is C13H14F4O3. The zero-order chi connectivity index (χ0) is 14.9. The summed E-state index contributed by atoms with van der Waals surface area (Å²) in [6, 6.07) is 0.109. The summed E-state index contributed by atoms with van der Waals surface area (Å²) in [6.45, 7) is 2.19. The first-order chi connectivity index (χ1) is 9.45. The van der Waals surface area contributed by atoms with Crippen LogP contribution in [0.2, 0.25) is 0 Å². The predicted octanol–water partition coefficient (Wildman–Crippen LogP) is 2.55. The molecule has 1 fully saturated rings. The fourth-order valence-corrected chi connectivity index (χ4v) is 1.95. The minimum Gasteiger partial charge on any atom is -0.481 e. The molecule has 3 unspecified atom stereocenters. The highest BCUT2D eigenvalue weighted by Crippen LogP contribution is 2.33. The van der Waals surface area contributed by atoms with Crippen molar-refractivity contribution in [3.63, 3.8) is 0 Å². The summed E-state index contributed by atoms with van der Waals surface area (Å²) < 4.78 is 63.1. The molecule has 0 amide bonds. The first-order valence-corrected chi connectivity index (χ1v) is 6.25. The molecule has 0 aliphatic heterocycles. The molecule has 1 aliphatic carbocycles. The van der Waals surface area contributed by atoms with Crippen LogP contribution in [0.25, 0.3) is 0 Å². The van der Waals surface area contributed by atoms with Gasteiger partial charge >= 0.3 is 0 Å². The lowest BCUT2D eigenvalue weighted by atomic mass is 9.88. The zero-order valence-corrected chi connectivity index (χ0v) is 10.7. The van der Waals surface area contributed by atoms with E-state index in [-0.39, 0.29) is 12.5 Å². The van der Waals surface area contributed by atoms with Gasteiger partial charge in [0, 0.05) is 19.1 Å². The predicted molar refractivity (Wildman–Crippen MR) is 61.3 cm³/mol. The van der Waals surface area contributed by atoms with Crippen LogP contribution in [0.4, 0.5) is 17.6 Å². The van der Waals surface area contributed by atoms with E-state index in [1.807, 2.05) is 6.92 Å². The Morgan fingerprint density at radius 2 is 1.80 bits per heavy atom. The summed E-state index contributed by atoms with van der Waals surface area (Å²) in [7, 11) is 0. The quantitative estimate of drug-likeness (QED) is 0.670. The van der Waals surface area contributed by atoms with Crippen molar-refractivity contribution in [1.82, 2.24) is 0 Å². The summed E-state index contributed by atoms with van der Waals surface area (Å²) in [4.78, 5) is 0. The van der Waals surface area contributed by atoms with Gasteiger partial charge in [0.1, 0.15) is 12.2 Å². The van der Waals surface area contributed by atoms with Crippen LogP contribution in [0.15, 0.2) is 6.07 Å². The molecule has 0 radical (unpaired) electrons. The third-order valence-electron chi connectivity index (χ3n) is 3.07. The second kappa shape index (κ2) is 5.97. The van der Waals surface area contributed by atoms with Crippen molar-refractivity contribution < 1.29 is 32.1 Å². The highest BCUT2D eigenvalue weighted by atomic mass is 19.2. The van der Waals surface area contributed by atoms with Crippen LogP contribution >= 0.6 is 0 Å². The average molecular weight is 294 g/mol. The van der Waals surface area contributed by atoms with Crippen molar-refractivity contribution in [3.05, 3.63) is 29.3 Å². The molecule has 1 saturated carbocycles. The molecule has 1 N–H and O–H groups in total. The van der Waals surface area contributed by atoms with Crippen LogP contribution in [0.1, 0.15) is 19.8 Å². The van der Waals surface area contributed by atoms with Gasteiger partial charge in [-0.3, -0.25) is 0 Å². The second-order valence-corrected chi connectivity index (χ2v) is 4.59. The molecule has 1 aromatic rings. The number of hydrogen-bond acceptors (Lipinski definition) is 3. The van der Waals surface area contributed by atoms with Gasteiger partial charge in [0.15, 0.2) is 17.4 Å². The van der Waals surface area contributed by atoms with Crippen molar-refractivity contribution >= 4 is 0 Å². The van der Waals surface area contributed by atoms with Crippen LogP contribution < -0.4 is 4.74 Å². The maximum Gasteiger partial charge on any atom is 0.203 e. The number of halogens is 4. The molecule has 0 saturated heterocycles. The van der Waals surface area contributed by atoms with E-state index in [1.165, 1.54) is 0 Å². The van der Waals surface area contributed by atoms with Crippen molar-refractivity contribution in [2.45, 2.75) is 38.1 Å². The molecule has 0 bridgehead atoms. The van der Waals surface area contributed by atoms with E-state index in [1.54, 1.807) is 0 Å². The van der Waals surface area contributed by atoms with E-state index in [0.29, 0.717) is 13.0 Å². The van der Waals surface area contributed by atoms with Crippen LogP contribution in [-0.2, 0) is 4.74 Å². The van der Waals surface area contributed by atoms with E-state index >= 15 is 0 Å². The highest BCUT2D eigenvalue weighted by Gasteiger charge is 2.44. The summed E-state index contributed by atoms with van der Waals surface area (Å²) >= 11 is 0. The van der Waals surface area contributed by atoms with Gasteiger partial charge in [0.2, 0.25) is 11.6 Å². The van der Waals surface area contributed by atoms with E-state index in [9.17, 15) is 22.7 Å². The third-order valence-corrected chi connectivity index (χ3v) is 3.07. The van der Waals surface area contributed by atoms with Crippen molar-refractivity contribution in [3.8, 4) is 5.75 Å². The van der Waals surface area contributed by atoms with Gasteiger partial charge in [-0.1, -0.05) is 6.92 Å². The van der Waals surface area contributed by atoms with Gasteiger partial charge in [-0.25, -0.2) is 8.78 Å². The van der Waals surface area contributed by atoms with Gasteiger partial charge in [-0.05, 0) is 6.42 Å². The Kier molecular flexibility index (Phi) is 4.49. The monoisotopic (exact) mass is 294 g/mol. The molecule has 2 rings (SSSR count). The Bertz CT molecular complexity index is 469. The summed E-state index contributed by atoms with van der Waals surface area (Å²) in [5, 5.41) is 9.49. The van der Waals surface area contributed by atoms with E-state index in [2.05, 4.69) is 0 Å². The summed E-state index contributed by atoms with van der Waals surface area (Å²) in [5.41, 5.74) is 0. The fourth-order valence-electron chi connectivity index (χ4n) is 1.95. The number of ether oxygens (including phenoxy) is 2. The highest BCUT2D eigenvalue weighted by molar-refractivity contribution is 5.29. The van der Waals surface area contributed by atoms with E-state index < -0.39 is 47.3 Å². The number of hydrogen-bond donors (Lipinski definition) is 1. The number of aliphatic hydroxyl groups excluding tert-OH is 1. The van der Waals surface area contributed by atoms with Gasteiger partial charge in [0.05, 0.1) is 6.10 Å². The molecule has 0 aromatic heterocycles. The molecule has 3 nitrogen and oxygen atoms in total. The maximum absolute atomic E-state index is 13.4. The lowest BCUT2D eigenvalue weighted by Crippen LogP contribution is -2.55. The SMILES string of the molecule is CCCOC1C(O)CC1Oc1c(F)c(F)cc(F)c1F. The van der Waals surface area contributed by atoms with Crippen LogP contribution in [-0.4, -0.2) is 30.0 Å². The third kappa shape index (κ3) is 2.73. The second-order valence-electron chi connectivity index (χ2n) is 4.59. The average Bonchev–Trinajstić information content (AvgIpc) is 2.40. The molecule has 1 aromatic carbocycles. The van der Waals surface area contributed by atoms with Crippen molar-refractivity contribution in [1.29, 1.82) is 0 Å². The zero-order valence-electron chi connectivity index (χ0n) is 10.7. The first kappa shape index (κ1) is 15.1.